The van der Waals surface area contributed by atoms with Gasteiger partial charge >= 0.3 is 0 Å². The van der Waals surface area contributed by atoms with Gasteiger partial charge in [-0.05, 0) is 24.6 Å². The summed E-state index contributed by atoms with van der Waals surface area (Å²) in [5.41, 5.74) is 2.45. The first-order valence-corrected chi connectivity index (χ1v) is 7.25. The highest BCUT2D eigenvalue weighted by atomic mass is 79.9. The Morgan fingerprint density at radius 3 is 2.32 bits per heavy atom. The van der Waals surface area contributed by atoms with E-state index in [0.717, 1.165) is 23.3 Å². The van der Waals surface area contributed by atoms with Crippen molar-refractivity contribution in [2.75, 3.05) is 6.61 Å². The summed E-state index contributed by atoms with van der Waals surface area (Å²) in [5.74, 6) is 0.963. The maximum absolute atomic E-state index is 5.61. The predicted molar refractivity (Wildman–Crippen MR) is 82.3 cm³/mol. The highest BCUT2D eigenvalue weighted by Gasteiger charge is 2.02. The summed E-state index contributed by atoms with van der Waals surface area (Å²) in [6, 6.07) is 16.4. The number of hydrogen-bond donors (Lipinski definition) is 1. The molecule has 0 fully saturated rings. The van der Waals surface area contributed by atoms with Gasteiger partial charge in [0.25, 0.3) is 0 Å². The van der Waals surface area contributed by atoms with Crippen molar-refractivity contribution < 1.29 is 4.74 Å². The van der Waals surface area contributed by atoms with Gasteiger partial charge in [0, 0.05) is 23.1 Å². The van der Waals surface area contributed by atoms with Crippen molar-refractivity contribution in [1.82, 2.24) is 5.32 Å². The first-order chi connectivity index (χ1) is 9.31. The van der Waals surface area contributed by atoms with Crippen molar-refractivity contribution in [2.45, 2.75) is 20.0 Å². The van der Waals surface area contributed by atoms with E-state index in [0.29, 0.717) is 6.61 Å². The van der Waals surface area contributed by atoms with E-state index in [1.807, 2.05) is 31.2 Å². The van der Waals surface area contributed by atoms with Crippen LogP contribution in [0.1, 0.15) is 18.1 Å². The second-order valence-electron chi connectivity index (χ2n) is 4.24. The Hall–Kier alpha value is -1.32. The van der Waals surface area contributed by atoms with Gasteiger partial charge in [0.15, 0.2) is 0 Å². The number of nitrogens with one attached hydrogen (secondary N) is 1. The molecule has 3 heteroatoms. The topological polar surface area (TPSA) is 21.3 Å². The molecule has 2 aromatic rings. The van der Waals surface area contributed by atoms with E-state index in [1.54, 1.807) is 0 Å². The minimum Gasteiger partial charge on any atom is -0.494 e. The average molecular weight is 320 g/mol. The monoisotopic (exact) mass is 319 g/mol. The van der Waals surface area contributed by atoms with Gasteiger partial charge in [-0.15, -0.1) is 0 Å². The summed E-state index contributed by atoms with van der Waals surface area (Å²) in [6.45, 7) is 4.34. The minimum atomic E-state index is 0.696. The third kappa shape index (κ3) is 4.08. The van der Waals surface area contributed by atoms with Crippen LogP contribution < -0.4 is 10.1 Å². The Morgan fingerprint density at radius 2 is 1.58 bits per heavy atom. The molecular weight excluding hydrogens is 302 g/mol. The summed E-state index contributed by atoms with van der Waals surface area (Å²) in [7, 11) is 0. The van der Waals surface area contributed by atoms with E-state index in [1.165, 1.54) is 11.1 Å². The van der Waals surface area contributed by atoms with Gasteiger partial charge < -0.3 is 10.1 Å². The molecule has 0 aliphatic rings. The molecule has 19 heavy (non-hydrogen) atoms. The third-order valence-corrected chi connectivity index (χ3v) is 3.63. The van der Waals surface area contributed by atoms with Crippen LogP contribution in [-0.4, -0.2) is 6.61 Å². The van der Waals surface area contributed by atoms with Crippen LogP contribution in [0.2, 0.25) is 0 Å². The van der Waals surface area contributed by atoms with Crippen LogP contribution in [0, 0.1) is 0 Å². The molecule has 0 spiro atoms. The van der Waals surface area contributed by atoms with Gasteiger partial charge in [-0.2, -0.15) is 0 Å². The molecule has 0 saturated carbocycles. The molecule has 2 aromatic carbocycles. The van der Waals surface area contributed by atoms with Crippen LogP contribution in [-0.2, 0) is 13.1 Å². The quantitative estimate of drug-likeness (QED) is 0.864. The maximum Gasteiger partial charge on any atom is 0.123 e. The fourth-order valence-electron chi connectivity index (χ4n) is 1.92. The molecule has 100 valence electrons. The maximum atomic E-state index is 5.61. The summed E-state index contributed by atoms with van der Waals surface area (Å²) >= 11 is 3.56. The molecule has 0 heterocycles. The molecular formula is C16H18BrNO. The molecule has 0 unspecified atom stereocenters. The molecule has 0 aliphatic heterocycles. The lowest BCUT2D eigenvalue weighted by molar-refractivity contribution is 0.335. The second-order valence-corrected chi connectivity index (χ2v) is 5.09. The average Bonchev–Trinajstić information content (AvgIpc) is 2.43. The lowest BCUT2D eigenvalue weighted by Crippen LogP contribution is -2.14. The zero-order valence-electron chi connectivity index (χ0n) is 11.0. The summed E-state index contributed by atoms with van der Waals surface area (Å²) in [6.07, 6.45) is 0. The van der Waals surface area contributed by atoms with Gasteiger partial charge in [-0.1, -0.05) is 52.3 Å². The van der Waals surface area contributed by atoms with Crippen molar-refractivity contribution in [2.24, 2.45) is 0 Å². The predicted octanol–water partition coefficient (Wildman–Crippen LogP) is 4.14. The molecule has 0 atom stereocenters. The van der Waals surface area contributed by atoms with Gasteiger partial charge in [0.2, 0.25) is 0 Å². The number of ether oxygens (including phenoxy) is 1. The van der Waals surface area contributed by atoms with E-state index in [9.17, 15) is 0 Å². The third-order valence-electron chi connectivity index (χ3n) is 2.86. The largest absolute Gasteiger partial charge is 0.494 e. The van der Waals surface area contributed by atoms with Crippen LogP contribution in [0.3, 0.4) is 0 Å². The highest BCUT2D eigenvalue weighted by Crippen LogP contribution is 2.19. The van der Waals surface area contributed by atoms with Gasteiger partial charge in [0.1, 0.15) is 5.75 Å². The molecule has 2 rings (SSSR count). The lowest BCUT2D eigenvalue weighted by Gasteiger charge is -2.11. The van der Waals surface area contributed by atoms with Crippen molar-refractivity contribution in [3.05, 3.63) is 64.1 Å². The van der Waals surface area contributed by atoms with E-state index in [4.69, 9.17) is 4.74 Å². The van der Waals surface area contributed by atoms with Crippen molar-refractivity contribution >= 4 is 15.9 Å². The zero-order chi connectivity index (χ0) is 13.5. The van der Waals surface area contributed by atoms with Crippen LogP contribution >= 0.6 is 15.9 Å². The van der Waals surface area contributed by atoms with Crippen LogP contribution in [0.15, 0.2) is 53.0 Å². The molecule has 0 amide bonds. The minimum absolute atomic E-state index is 0.696. The zero-order valence-corrected chi connectivity index (χ0v) is 12.6. The van der Waals surface area contributed by atoms with Crippen molar-refractivity contribution in [1.29, 1.82) is 0 Å². The second kappa shape index (κ2) is 7.31. The van der Waals surface area contributed by atoms with Crippen LogP contribution in [0.25, 0.3) is 0 Å². The fourth-order valence-corrected chi connectivity index (χ4v) is 2.34. The molecule has 1 N–H and O–H groups in total. The van der Waals surface area contributed by atoms with Crippen molar-refractivity contribution in [3.63, 3.8) is 0 Å². The number of benzene rings is 2. The van der Waals surface area contributed by atoms with E-state index >= 15 is 0 Å². The fraction of sp³-hybridized carbons (Fsp3) is 0.250. The van der Waals surface area contributed by atoms with Crippen LogP contribution in [0.4, 0.5) is 0 Å². The Bertz CT molecular complexity index is 528. The van der Waals surface area contributed by atoms with Crippen LogP contribution in [0.5, 0.6) is 5.75 Å². The number of halogens is 1. The van der Waals surface area contributed by atoms with E-state index in [-0.39, 0.29) is 0 Å². The molecule has 0 saturated heterocycles. The van der Waals surface area contributed by atoms with Crippen molar-refractivity contribution in [3.8, 4) is 5.75 Å². The summed E-state index contributed by atoms with van der Waals surface area (Å²) < 4.78 is 6.75. The van der Waals surface area contributed by atoms with Gasteiger partial charge in [0.05, 0.1) is 6.61 Å². The lowest BCUT2D eigenvalue weighted by atomic mass is 10.2. The number of rotatable bonds is 6. The Morgan fingerprint density at radius 1 is 0.947 bits per heavy atom. The Balaban J connectivity index is 1.94. The van der Waals surface area contributed by atoms with E-state index in [2.05, 4.69) is 45.5 Å². The number of para-hydroxylation sites is 1. The SMILES string of the molecule is CCOc1ccccc1CNCc1ccccc1Br. The van der Waals surface area contributed by atoms with Gasteiger partial charge in [-0.3, -0.25) is 0 Å². The van der Waals surface area contributed by atoms with E-state index < -0.39 is 0 Å². The number of hydrogen-bond acceptors (Lipinski definition) is 2. The normalized spacial score (nSPS) is 10.4. The summed E-state index contributed by atoms with van der Waals surface area (Å²) in [4.78, 5) is 0. The smallest absolute Gasteiger partial charge is 0.123 e. The molecule has 2 nitrogen and oxygen atoms in total. The standard InChI is InChI=1S/C16H18BrNO/c1-2-19-16-10-6-4-8-14(16)12-18-11-13-7-3-5-9-15(13)17/h3-10,18H,2,11-12H2,1H3. The Kier molecular flexibility index (Phi) is 5.43. The molecule has 0 radical (unpaired) electrons. The summed E-state index contributed by atoms with van der Waals surface area (Å²) in [5, 5.41) is 3.45. The first kappa shape index (κ1) is 14.1. The molecule has 0 aliphatic carbocycles. The molecule has 0 aromatic heterocycles. The Labute approximate surface area is 122 Å². The molecule has 0 bridgehead atoms. The first-order valence-electron chi connectivity index (χ1n) is 6.46. The van der Waals surface area contributed by atoms with Gasteiger partial charge in [-0.25, -0.2) is 0 Å². The highest BCUT2D eigenvalue weighted by molar-refractivity contribution is 9.10.